The van der Waals surface area contributed by atoms with E-state index in [4.69, 9.17) is 19.4 Å². The van der Waals surface area contributed by atoms with Crippen molar-refractivity contribution in [2.45, 2.75) is 0 Å². The molecule has 0 fully saturated rings. The number of para-hydroxylation sites is 2. The summed E-state index contributed by atoms with van der Waals surface area (Å²) in [6.07, 6.45) is 0. The summed E-state index contributed by atoms with van der Waals surface area (Å²) < 4.78 is 8.88. The first-order valence-electron chi connectivity index (χ1n) is 16.5. The molecule has 0 amide bonds. The Balaban J connectivity index is 1.19. The molecule has 0 aliphatic rings. The second kappa shape index (κ2) is 11.3. The Bertz CT molecular complexity index is 2870. The highest BCUT2D eigenvalue weighted by Gasteiger charge is 2.20. The van der Waals surface area contributed by atoms with Crippen LogP contribution in [0.25, 0.3) is 94.7 Å². The lowest BCUT2D eigenvalue weighted by Gasteiger charge is -2.12. The van der Waals surface area contributed by atoms with Crippen molar-refractivity contribution in [3.63, 3.8) is 0 Å². The lowest BCUT2D eigenvalue weighted by atomic mass is 10.0. The summed E-state index contributed by atoms with van der Waals surface area (Å²) in [5.41, 5.74) is 9.71. The van der Waals surface area contributed by atoms with Crippen LogP contribution in [-0.2, 0) is 0 Å². The van der Waals surface area contributed by atoms with Gasteiger partial charge in [0.2, 0.25) is 0 Å². The normalized spacial score (nSPS) is 11.4. The monoisotopic (exact) mass is 638 g/mol. The average molecular weight is 639 g/mol. The molecular weight excluding hydrogens is 613 g/mol. The number of hydrogen-bond acceptors (Lipinski definition) is 4. The molecule has 0 saturated heterocycles. The molecule has 5 nitrogen and oxygen atoms in total. The first-order valence-corrected chi connectivity index (χ1v) is 16.5. The van der Waals surface area contributed by atoms with Crippen LogP contribution in [-0.4, -0.2) is 19.5 Å². The van der Waals surface area contributed by atoms with Gasteiger partial charge in [0.15, 0.2) is 23.1 Å². The van der Waals surface area contributed by atoms with E-state index in [-0.39, 0.29) is 0 Å². The van der Waals surface area contributed by atoms with Crippen LogP contribution in [0.15, 0.2) is 162 Å². The van der Waals surface area contributed by atoms with Crippen molar-refractivity contribution in [2.24, 2.45) is 0 Å². The van der Waals surface area contributed by atoms with Gasteiger partial charge in [-0.3, -0.25) is 0 Å². The Labute approximate surface area is 287 Å². The third-order valence-corrected chi connectivity index (χ3v) is 9.32. The van der Waals surface area contributed by atoms with E-state index in [9.17, 15) is 0 Å². The molecule has 0 N–H and O–H groups in total. The van der Waals surface area contributed by atoms with Crippen molar-refractivity contribution in [1.82, 2.24) is 19.5 Å². The number of benzene rings is 6. The molecule has 0 aliphatic carbocycles. The van der Waals surface area contributed by atoms with Gasteiger partial charge in [-0.15, -0.1) is 0 Å². The summed E-state index contributed by atoms with van der Waals surface area (Å²) in [4.78, 5) is 15.1. The molecule has 50 heavy (non-hydrogen) atoms. The molecule has 10 rings (SSSR count). The summed E-state index contributed by atoms with van der Waals surface area (Å²) in [5, 5.41) is 4.50. The largest absolute Gasteiger partial charge is 0.454 e. The predicted octanol–water partition coefficient (Wildman–Crippen LogP) is 11.1. The van der Waals surface area contributed by atoms with Gasteiger partial charge in [0.05, 0.1) is 11.0 Å². The average Bonchev–Trinajstić information content (AvgIpc) is 3.75. The van der Waals surface area contributed by atoms with Gasteiger partial charge in [0.25, 0.3) is 0 Å². The van der Waals surface area contributed by atoms with Gasteiger partial charge < -0.3 is 8.98 Å². The highest BCUT2D eigenvalue weighted by atomic mass is 16.3. The Hall–Kier alpha value is -7.03. The Kier molecular flexibility index (Phi) is 6.33. The number of furan rings is 1. The molecule has 0 saturated carbocycles. The molecular formula is C45H26N4O. The number of aromatic nitrogens is 4. The molecule has 3 heterocycles. The van der Waals surface area contributed by atoms with Gasteiger partial charge in [-0.05, 0) is 65.7 Å². The maximum absolute atomic E-state index is 6.58. The minimum atomic E-state index is 0.576. The van der Waals surface area contributed by atoms with Crippen molar-refractivity contribution in [1.29, 1.82) is 0 Å². The summed E-state index contributed by atoms with van der Waals surface area (Å²) in [7, 11) is 0. The predicted molar refractivity (Wildman–Crippen MR) is 201 cm³/mol. The summed E-state index contributed by atoms with van der Waals surface area (Å²) in [6.45, 7) is 0. The van der Waals surface area contributed by atoms with Crippen LogP contribution in [0.2, 0.25) is 0 Å². The van der Waals surface area contributed by atoms with Crippen molar-refractivity contribution in [3.05, 3.63) is 170 Å². The smallest absolute Gasteiger partial charge is 0.164 e. The molecule has 0 atom stereocenters. The van der Waals surface area contributed by atoms with Crippen LogP contribution in [0.1, 0.15) is 0 Å². The van der Waals surface area contributed by atoms with Gasteiger partial charge in [-0.1, -0.05) is 115 Å². The van der Waals surface area contributed by atoms with Gasteiger partial charge in [0, 0.05) is 43.9 Å². The zero-order valence-electron chi connectivity index (χ0n) is 26.7. The van der Waals surface area contributed by atoms with E-state index in [1.54, 1.807) is 0 Å². The van der Waals surface area contributed by atoms with Crippen LogP contribution in [0.5, 0.6) is 0 Å². The number of hydrogen-bond donors (Lipinski definition) is 0. The molecule has 232 valence electrons. The zero-order valence-corrected chi connectivity index (χ0v) is 26.7. The SMILES string of the molecule is c1ccc(-c2nc(-c3cccc(-c4ccccc4)c3)nc(-c3cccc(-n4c5ccccc5c5ccc6c7ccccc7oc6c54)c3)n2)cc#1. The molecule has 5 heteroatoms. The summed E-state index contributed by atoms with van der Waals surface area (Å²) in [6, 6.07) is 59.9. The lowest BCUT2D eigenvalue weighted by molar-refractivity contribution is 0.671. The third kappa shape index (κ3) is 4.55. The van der Waals surface area contributed by atoms with E-state index in [2.05, 4.69) is 114 Å². The lowest BCUT2D eigenvalue weighted by Crippen LogP contribution is -2.01. The molecule has 0 spiro atoms. The fourth-order valence-corrected chi connectivity index (χ4v) is 7.00. The fourth-order valence-electron chi connectivity index (χ4n) is 7.00. The standard InChI is InChI=1S/C45H26N4O/c1-3-13-29(14-4-1)31-17-11-18-32(27-31)44-46-43(30-15-5-2-6-16-30)47-45(48-44)33-19-12-20-34(28-33)49-39-23-9-7-21-35(39)37-25-26-38-36-22-8-10-24-40(36)50-42(38)41(37)49/h1,3-5,7-28H. The highest BCUT2D eigenvalue weighted by Crippen LogP contribution is 2.40. The highest BCUT2D eigenvalue weighted by molar-refractivity contribution is 6.21. The van der Waals surface area contributed by atoms with Crippen molar-refractivity contribution in [2.75, 3.05) is 0 Å². The van der Waals surface area contributed by atoms with E-state index in [1.807, 2.05) is 60.7 Å². The van der Waals surface area contributed by atoms with Crippen molar-refractivity contribution >= 4 is 43.7 Å². The van der Waals surface area contributed by atoms with Crippen molar-refractivity contribution < 1.29 is 4.42 Å². The first kappa shape index (κ1) is 28.0. The molecule has 0 aliphatic heterocycles. The second-order valence-electron chi connectivity index (χ2n) is 12.3. The van der Waals surface area contributed by atoms with E-state index < -0.39 is 0 Å². The molecule has 0 radical (unpaired) electrons. The van der Waals surface area contributed by atoms with Crippen LogP contribution in [0.3, 0.4) is 0 Å². The summed E-state index contributed by atoms with van der Waals surface area (Å²) >= 11 is 0. The fraction of sp³-hybridized carbons (Fsp3) is 0. The molecule has 0 bridgehead atoms. The van der Waals surface area contributed by atoms with Crippen molar-refractivity contribution in [3.8, 4) is 51.0 Å². The first-order chi connectivity index (χ1) is 24.8. The number of rotatable bonds is 5. The zero-order chi connectivity index (χ0) is 33.0. The minimum absolute atomic E-state index is 0.576. The maximum Gasteiger partial charge on any atom is 0.164 e. The van der Waals surface area contributed by atoms with Crippen LogP contribution in [0, 0.1) is 12.1 Å². The van der Waals surface area contributed by atoms with Crippen LogP contribution >= 0.6 is 0 Å². The van der Waals surface area contributed by atoms with E-state index in [0.29, 0.717) is 17.5 Å². The van der Waals surface area contributed by atoms with E-state index in [1.165, 1.54) is 0 Å². The maximum atomic E-state index is 6.58. The Morgan fingerprint density at radius 2 is 1.12 bits per heavy atom. The van der Waals surface area contributed by atoms with E-state index >= 15 is 0 Å². The Morgan fingerprint density at radius 3 is 1.94 bits per heavy atom. The number of nitrogens with zero attached hydrogens (tertiary/aromatic N) is 4. The second-order valence-corrected chi connectivity index (χ2v) is 12.3. The van der Waals surface area contributed by atoms with E-state index in [0.717, 1.165) is 77.2 Å². The van der Waals surface area contributed by atoms with Gasteiger partial charge in [0.1, 0.15) is 5.58 Å². The third-order valence-electron chi connectivity index (χ3n) is 9.32. The molecule has 10 aromatic rings. The van der Waals surface area contributed by atoms with Crippen LogP contribution in [0.4, 0.5) is 0 Å². The Morgan fingerprint density at radius 1 is 0.460 bits per heavy atom. The molecule has 0 unspecified atom stereocenters. The van der Waals surface area contributed by atoms with Crippen LogP contribution < -0.4 is 0 Å². The van der Waals surface area contributed by atoms with Gasteiger partial charge in [-0.25, -0.2) is 15.0 Å². The van der Waals surface area contributed by atoms with Gasteiger partial charge in [-0.2, -0.15) is 0 Å². The minimum Gasteiger partial charge on any atom is -0.454 e. The van der Waals surface area contributed by atoms with Gasteiger partial charge >= 0.3 is 0 Å². The quantitative estimate of drug-likeness (QED) is 0.188. The number of fused-ring (bicyclic) bond motifs is 7. The molecule has 7 aromatic carbocycles. The topological polar surface area (TPSA) is 56.7 Å². The summed E-state index contributed by atoms with van der Waals surface area (Å²) in [5.74, 6) is 1.76. The molecule has 3 aromatic heterocycles.